The van der Waals surface area contributed by atoms with E-state index in [0.717, 1.165) is 34.8 Å². The van der Waals surface area contributed by atoms with Crippen LogP contribution in [0.15, 0.2) is 72.1 Å². The topological polar surface area (TPSA) is 113 Å². The van der Waals surface area contributed by atoms with Crippen molar-refractivity contribution >= 4 is 38.9 Å². The third kappa shape index (κ3) is 7.92. The predicted molar refractivity (Wildman–Crippen MR) is 177 cm³/mol. The Morgan fingerprint density at radius 2 is 1.82 bits per heavy atom. The van der Waals surface area contributed by atoms with Gasteiger partial charge in [0.1, 0.15) is 40.2 Å². The van der Waals surface area contributed by atoms with Crippen molar-refractivity contribution in [3.8, 4) is 11.5 Å². The molecule has 2 aromatic heterocycles. The molecule has 262 valence electrons. The van der Waals surface area contributed by atoms with Gasteiger partial charge in [0.15, 0.2) is 0 Å². The Morgan fingerprint density at radius 1 is 1.04 bits per heavy atom. The van der Waals surface area contributed by atoms with E-state index < -0.39 is 32.5 Å². The number of benzene rings is 2. The molecule has 0 radical (unpaired) electrons. The minimum atomic E-state index is -4.61. The maximum atomic E-state index is 15.9. The summed E-state index contributed by atoms with van der Waals surface area (Å²) in [5.74, 6) is -0.0372. The summed E-state index contributed by atoms with van der Waals surface area (Å²) in [6.07, 6.45) is -0.404. The number of halogens is 5. The fourth-order valence-corrected chi connectivity index (χ4v) is 7.37. The summed E-state index contributed by atoms with van der Waals surface area (Å²) in [5.41, 5.74) is -0.180. The molecule has 1 aliphatic heterocycles. The molecule has 11 nitrogen and oxygen atoms in total. The molecular weight excluding hydrogens is 690 g/mol. The predicted octanol–water partition coefficient (Wildman–Crippen LogP) is 5.72. The molecule has 49 heavy (non-hydrogen) atoms. The monoisotopic (exact) mass is 723 g/mol. The van der Waals surface area contributed by atoms with Crippen LogP contribution < -0.4 is 24.0 Å². The largest absolute Gasteiger partial charge is 0.497 e. The number of alkyl halides is 3. The molecule has 1 aliphatic rings. The number of nitrogens with zero attached hydrogens (tertiary/aromatic N) is 6. The van der Waals surface area contributed by atoms with E-state index in [1.807, 2.05) is 19.0 Å². The molecule has 1 N–H and O–H groups in total. The molecule has 4 aromatic rings. The van der Waals surface area contributed by atoms with Gasteiger partial charge in [-0.05, 0) is 56.9 Å². The summed E-state index contributed by atoms with van der Waals surface area (Å²) in [5, 5.41) is 3.18. The zero-order valence-corrected chi connectivity index (χ0v) is 28.5. The summed E-state index contributed by atoms with van der Waals surface area (Å²) in [6.45, 7) is 0.396. The Balaban J connectivity index is 1.42. The summed E-state index contributed by atoms with van der Waals surface area (Å²) in [7, 11) is 1.95. The standard InChI is InChI=1S/C32H34ClF4N7O4S/c1-42(2)27-18-43(31-13-21(7-11-39-31)32(35,36)37)12-9-25(27)41-26-16-24(34)29(15-23(26)33)49(45,46)44(30-8-10-38-19-40-30)17-20-5-6-22(47-3)14-28(20)48-4/h5-8,10-11,13-16,19,25,27,41H,9,12,17-18H2,1-4H3/t25-,27-/m0/s1. The van der Waals surface area contributed by atoms with Crippen molar-refractivity contribution in [1.29, 1.82) is 0 Å². The van der Waals surface area contributed by atoms with E-state index >= 15 is 4.39 Å². The second-order valence-corrected chi connectivity index (χ2v) is 13.7. The normalized spacial score (nSPS) is 16.8. The van der Waals surface area contributed by atoms with E-state index in [9.17, 15) is 21.6 Å². The Hall–Kier alpha value is -4.41. The lowest BCUT2D eigenvalue weighted by Crippen LogP contribution is -2.56. The molecule has 0 saturated carbocycles. The number of sulfonamides is 1. The second-order valence-electron chi connectivity index (χ2n) is 11.4. The van der Waals surface area contributed by atoms with Gasteiger partial charge in [-0.1, -0.05) is 11.6 Å². The molecule has 2 aromatic carbocycles. The van der Waals surface area contributed by atoms with E-state index in [-0.39, 0.29) is 41.0 Å². The Morgan fingerprint density at radius 3 is 2.47 bits per heavy atom. The molecule has 3 heterocycles. The van der Waals surface area contributed by atoms with Crippen molar-refractivity contribution in [3.63, 3.8) is 0 Å². The van der Waals surface area contributed by atoms with Gasteiger partial charge in [0.05, 0.1) is 37.0 Å². The fraction of sp³-hybridized carbons (Fsp3) is 0.344. The molecule has 0 spiro atoms. The quantitative estimate of drug-likeness (QED) is 0.193. The number of methoxy groups -OCH3 is 2. The number of nitrogens with one attached hydrogen (secondary N) is 1. The van der Waals surface area contributed by atoms with E-state index in [1.54, 1.807) is 23.1 Å². The van der Waals surface area contributed by atoms with Gasteiger partial charge >= 0.3 is 6.18 Å². The molecule has 17 heteroatoms. The average molecular weight is 724 g/mol. The van der Waals surface area contributed by atoms with Crippen LogP contribution in [0.25, 0.3) is 0 Å². The third-order valence-electron chi connectivity index (χ3n) is 8.20. The van der Waals surface area contributed by atoms with Gasteiger partial charge in [0, 0.05) is 55.3 Å². The number of ether oxygens (including phenoxy) is 2. The number of hydrogen-bond acceptors (Lipinski definition) is 10. The number of aromatic nitrogens is 3. The third-order valence-corrected chi connectivity index (χ3v) is 10.3. The Bertz CT molecular complexity index is 1890. The molecule has 5 rings (SSSR count). The van der Waals surface area contributed by atoms with Crippen LogP contribution in [-0.4, -0.2) is 81.8 Å². The zero-order chi connectivity index (χ0) is 35.5. The number of piperidine rings is 1. The van der Waals surface area contributed by atoms with Crippen molar-refractivity contribution in [2.45, 2.75) is 36.1 Å². The van der Waals surface area contributed by atoms with Gasteiger partial charge < -0.3 is 24.6 Å². The lowest BCUT2D eigenvalue weighted by Gasteiger charge is -2.43. The van der Waals surface area contributed by atoms with Crippen LogP contribution in [0.3, 0.4) is 0 Å². The molecular formula is C32H34ClF4N7O4S. The molecule has 1 saturated heterocycles. The van der Waals surface area contributed by atoms with Crippen molar-refractivity contribution in [1.82, 2.24) is 19.9 Å². The minimum absolute atomic E-state index is 0.0126. The summed E-state index contributed by atoms with van der Waals surface area (Å²) >= 11 is 6.62. The Kier molecular flexibility index (Phi) is 10.7. The van der Waals surface area contributed by atoms with Gasteiger partial charge in [-0.3, -0.25) is 0 Å². The summed E-state index contributed by atoms with van der Waals surface area (Å²) in [4.78, 5) is 15.1. The van der Waals surface area contributed by atoms with E-state index in [1.165, 1.54) is 32.8 Å². The van der Waals surface area contributed by atoms with Crippen LogP contribution >= 0.6 is 11.6 Å². The van der Waals surface area contributed by atoms with Gasteiger partial charge in [-0.2, -0.15) is 13.2 Å². The average Bonchev–Trinajstić information content (AvgIpc) is 3.08. The molecule has 0 unspecified atom stereocenters. The SMILES string of the molecule is COc1ccc(CN(c2ccncn2)S(=O)(=O)c2cc(Cl)c(N[C@H]3CCN(c4cc(C(F)(F)F)ccn4)C[C@@H]3N(C)C)cc2F)c(OC)c1. The molecule has 0 bridgehead atoms. The van der Waals surface area contributed by atoms with E-state index in [0.29, 0.717) is 36.6 Å². The smallest absolute Gasteiger partial charge is 0.416 e. The van der Waals surface area contributed by atoms with Crippen LogP contribution in [0.4, 0.5) is 34.9 Å². The number of likely N-dealkylation sites (N-methyl/N-ethyl adjacent to an activating group) is 1. The molecule has 0 aliphatic carbocycles. The first kappa shape index (κ1) is 35.9. The number of rotatable bonds is 11. The van der Waals surface area contributed by atoms with Crippen molar-refractivity contribution in [2.75, 3.05) is 55.9 Å². The van der Waals surface area contributed by atoms with Crippen molar-refractivity contribution in [2.24, 2.45) is 0 Å². The lowest BCUT2D eigenvalue weighted by molar-refractivity contribution is -0.137. The first-order chi connectivity index (χ1) is 23.2. The van der Waals surface area contributed by atoms with Gasteiger partial charge in [-0.25, -0.2) is 32.1 Å². The van der Waals surface area contributed by atoms with Crippen LogP contribution in [0.1, 0.15) is 17.5 Å². The highest BCUT2D eigenvalue weighted by Gasteiger charge is 2.36. The minimum Gasteiger partial charge on any atom is -0.497 e. The van der Waals surface area contributed by atoms with Crippen LogP contribution in [0, 0.1) is 5.82 Å². The molecule has 0 amide bonds. The highest BCUT2D eigenvalue weighted by molar-refractivity contribution is 7.92. The molecule has 2 atom stereocenters. The number of hydrogen-bond donors (Lipinski definition) is 1. The zero-order valence-electron chi connectivity index (χ0n) is 26.9. The molecule has 1 fully saturated rings. The number of pyridine rings is 1. The first-order valence-corrected chi connectivity index (χ1v) is 16.7. The van der Waals surface area contributed by atoms with Gasteiger partial charge in [-0.15, -0.1) is 0 Å². The van der Waals surface area contributed by atoms with Crippen LogP contribution in [0.2, 0.25) is 5.02 Å². The maximum absolute atomic E-state index is 15.9. The Labute approximate surface area is 286 Å². The first-order valence-electron chi connectivity index (χ1n) is 14.9. The van der Waals surface area contributed by atoms with Gasteiger partial charge in [0.2, 0.25) is 0 Å². The maximum Gasteiger partial charge on any atom is 0.416 e. The second kappa shape index (κ2) is 14.6. The van der Waals surface area contributed by atoms with Gasteiger partial charge in [0.25, 0.3) is 10.0 Å². The summed E-state index contributed by atoms with van der Waals surface area (Å²) in [6, 6.07) is 9.67. The van der Waals surface area contributed by atoms with Crippen molar-refractivity contribution in [3.05, 3.63) is 89.2 Å². The fourth-order valence-electron chi connectivity index (χ4n) is 5.61. The lowest BCUT2D eigenvalue weighted by atomic mass is 9.97. The number of anilines is 3. The summed E-state index contributed by atoms with van der Waals surface area (Å²) < 4.78 is 95.8. The van der Waals surface area contributed by atoms with Crippen LogP contribution in [-0.2, 0) is 22.7 Å². The van der Waals surface area contributed by atoms with E-state index in [4.69, 9.17) is 21.1 Å². The van der Waals surface area contributed by atoms with E-state index in [2.05, 4.69) is 20.3 Å². The van der Waals surface area contributed by atoms with Crippen molar-refractivity contribution < 1.29 is 35.5 Å². The highest BCUT2D eigenvalue weighted by Crippen LogP contribution is 2.36. The highest BCUT2D eigenvalue weighted by atomic mass is 35.5. The van der Waals surface area contributed by atoms with Crippen LogP contribution in [0.5, 0.6) is 11.5 Å².